The van der Waals surface area contributed by atoms with E-state index in [-0.39, 0.29) is 12.2 Å². The van der Waals surface area contributed by atoms with Gasteiger partial charge in [0.2, 0.25) is 0 Å². The van der Waals surface area contributed by atoms with E-state index in [1.807, 2.05) is 0 Å². The summed E-state index contributed by atoms with van der Waals surface area (Å²) in [4.78, 5) is 0. The van der Waals surface area contributed by atoms with Gasteiger partial charge in [0.25, 0.3) is 0 Å². The molecule has 0 bridgehead atoms. The van der Waals surface area contributed by atoms with Gasteiger partial charge in [-0.05, 0) is 11.1 Å². The molecule has 2 nitrogen and oxygen atoms in total. The zero-order valence-corrected chi connectivity index (χ0v) is 6.69. The zero-order valence-electron chi connectivity index (χ0n) is 6.69. The van der Waals surface area contributed by atoms with Crippen LogP contribution in [-0.4, -0.2) is 12.9 Å². The third kappa shape index (κ3) is 0.765. The zero-order chi connectivity index (χ0) is 7.97. The highest BCUT2D eigenvalue weighted by atomic mass is 16.7. The molecule has 1 aliphatic heterocycles. The molecule has 1 saturated heterocycles. The number of benzene rings is 1. The molecule has 12 heavy (non-hydrogen) atoms. The molecule has 0 N–H and O–H groups in total. The number of fused-ring (bicyclic) bond motifs is 3. The third-order valence-corrected chi connectivity index (χ3v) is 2.65. The van der Waals surface area contributed by atoms with Crippen LogP contribution < -0.4 is 0 Å². The lowest BCUT2D eigenvalue weighted by Crippen LogP contribution is -2.08. The monoisotopic (exact) mass is 162 g/mol. The summed E-state index contributed by atoms with van der Waals surface area (Å²) < 4.78 is 10.9. The maximum atomic E-state index is 5.48. The lowest BCUT2D eigenvalue weighted by Gasteiger charge is -2.05. The highest BCUT2D eigenvalue weighted by Crippen LogP contribution is 2.39. The second-order valence-electron chi connectivity index (χ2n) is 3.31. The number of hydrogen-bond donors (Lipinski definition) is 0. The first-order valence-electron chi connectivity index (χ1n) is 4.26. The summed E-state index contributed by atoms with van der Waals surface area (Å²) in [6, 6.07) is 8.41. The van der Waals surface area contributed by atoms with E-state index in [9.17, 15) is 0 Å². The molecule has 0 amide bonds. The van der Waals surface area contributed by atoms with Crippen molar-refractivity contribution in [2.45, 2.75) is 18.6 Å². The van der Waals surface area contributed by atoms with Crippen molar-refractivity contribution in [2.24, 2.45) is 0 Å². The van der Waals surface area contributed by atoms with E-state index in [1.165, 1.54) is 11.1 Å². The molecule has 2 heteroatoms. The molecule has 1 aliphatic carbocycles. The van der Waals surface area contributed by atoms with Gasteiger partial charge in [-0.15, -0.1) is 0 Å². The van der Waals surface area contributed by atoms with Crippen LogP contribution in [0.15, 0.2) is 24.3 Å². The molecule has 0 aromatic heterocycles. The van der Waals surface area contributed by atoms with Crippen LogP contribution in [0.5, 0.6) is 0 Å². The molecule has 0 spiro atoms. The topological polar surface area (TPSA) is 18.5 Å². The summed E-state index contributed by atoms with van der Waals surface area (Å²) in [6.07, 6.45) is 1.50. The maximum absolute atomic E-state index is 5.48. The van der Waals surface area contributed by atoms with Gasteiger partial charge >= 0.3 is 0 Å². The normalized spacial score (nSPS) is 31.7. The average molecular weight is 162 g/mol. The van der Waals surface area contributed by atoms with E-state index in [0.29, 0.717) is 6.79 Å². The Labute approximate surface area is 71.1 Å². The molecular formula is C10H10O2. The van der Waals surface area contributed by atoms with Crippen LogP contribution in [0.2, 0.25) is 0 Å². The van der Waals surface area contributed by atoms with Crippen LogP contribution in [0, 0.1) is 0 Å². The van der Waals surface area contributed by atoms with Gasteiger partial charge in [0.05, 0.1) is 6.10 Å². The van der Waals surface area contributed by atoms with Crippen molar-refractivity contribution >= 4 is 0 Å². The van der Waals surface area contributed by atoms with E-state index >= 15 is 0 Å². The predicted octanol–water partition coefficient (Wildman–Crippen LogP) is 1.66. The van der Waals surface area contributed by atoms with E-state index in [0.717, 1.165) is 6.42 Å². The molecule has 62 valence electrons. The van der Waals surface area contributed by atoms with E-state index in [1.54, 1.807) is 0 Å². The molecule has 0 saturated carbocycles. The second-order valence-corrected chi connectivity index (χ2v) is 3.31. The molecule has 2 atom stereocenters. The van der Waals surface area contributed by atoms with Crippen LogP contribution >= 0.6 is 0 Å². The third-order valence-electron chi connectivity index (χ3n) is 2.65. The SMILES string of the molecule is c1ccc2c(c1)CC1OCOC21. The molecule has 1 heterocycles. The van der Waals surface area contributed by atoms with Crippen molar-refractivity contribution in [3.05, 3.63) is 35.4 Å². The number of ether oxygens (including phenoxy) is 2. The number of hydrogen-bond acceptors (Lipinski definition) is 2. The summed E-state index contributed by atoms with van der Waals surface area (Å²) in [7, 11) is 0. The van der Waals surface area contributed by atoms with Gasteiger partial charge in [-0.2, -0.15) is 0 Å². The van der Waals surface area contributed by atoms with E-state index in [4.69, 9.17) is 9.47 Å². The molecule has 0 radical (unpaired) electrons. The fourth-order valence-corrected chi connectivity index (χ4v) is 2.07. The second kappa shape index (κ2) is 2.31. The van der Waals surface area contributed by atoms with Gasteiger partial charge in [0.15, 0.2) is 0 Å². The standard InChI is InChI=1S/C10H10O2/c1-2-4-8-7(3-1)5-9-10(8)12-6-11-9/h1-4,9-10H,5-6H2. The highest BCUT2D eigenvalue weighted by molar-refractivity contribution is 5.35. The highest BCUT2D eigenvalue weighted by Gasteiger charge is 2.37. The van der Waals surface area contributed by atoms with Crippen molar-refractivity contribution in [1.82, 2.24) is 0 Å². The molecule has 2 unspecified atom stereocenters. The summed E-state index contributed by atoms with van der Waals surface area (Å²) in [5, 5.41) is 0. The van der Waals surface area contributed by atoms with Gasteiger partial charge in [0.1, 0.15) is 12.9 Å². The minimum atomic E-state index is 0.209. The molecule has 1 aromatic rings. The Hall–Kier alpha value is -0.860. The van der Waals surface area contributed by atoms with Crippen molar-refractivity contribution in [1.29, 1.82) is 0 Å². The fourth-order valence-electron chi connectivity index (χ4n) is 2.07. The first kappa shape index (κ1) is 6.63. The molecule has 1 aromatic carbocycles. The molecule has 2 aliphatic rings. The minimum absolute atomic E-state index is 0.209. The van der Waals surface area contributed by atoms with Crippen molar-refractivity contribution in [3.63, 3.8) is 0 Å². The first-order chi connectivity index (χ1) is 5.95. The Morgan fingerprint density at radius 2 is 2.08 bits per heavy atom. The first-order valence-corrected chi connectivity index (χ1v) is 4.26. The van der Waals surface area contributed by atoms with E-state index in [2.05, 4.69) is 24.3 Å². The molecular weight excluding hydrogens is 152 g/mol. The Morgan fingerprint density at radius 1 is 1.17 bits per heavy atom. The predicted molar refractivity (Wildman–Crippen MR) is 43.7 cm³/mol. The largest absolute Gasteiger partial charge is 0.349 e. The quantitative estimate of drug-likeness (QED) is 0.577. The Kier molecular flexibility index (Phi) is 1.28. The van der Waals surface area contributed by atoms with E-state index < -0.39 is 0 Å². The van der Waals surface area contributed by atoms with Crippen molar-refractivity contribution in [3.8, 4) is 0 Å². The summed E-state index contributed by atoms with van der Waals surface area (Å²) in [6.45, 7) is 0.462. The Morgan fingerprint density at radius 3 is 3.08 bits per heavy atom. The lowest BCUT2D eigenvalue weighted by atomic mass is 10.1. The van der Waals surface area contributed by atoms with Crippen LogP contribution in [0.1, 0.15) is 17.2 Å². The summed E-state index contributed by atoms with van der Waals surface area (Å²) in [5.74, 6) is 0. The summed E-state index contributed by atoms with van der Waals surface area (Å²) in [5.41, 5.74) is 2.70. The smallest absolute Gasteiger partial charge is 0.148 e. The molecule has 3 rings (SSSR count). The molecule has 1 fully saturated rings. The summed E-state index contributed by atoms with van der Waals surface area (Å²) >= 11 is 0. The van der Waals surface area contributed by atoms with Gasteiger partial charge in [-0.3, -0.25) is 0 Å². The van der Waals surface area contributed by atoms with Gasteiger partial charge in [-0.1, -0.05) is 24.3 Å². The van der Waals surface area contributed by atoms with Crippen LogP contribution in [-0.2, 0) is 15.9 Å². The van der Waals surface area contributed by atoms with Crippen LogP contribution in [0.3, 0.4) is 0 Å². The van der Waals surface area contributed by atoms with Gasteiger partial charge < -0.3 is 9.47 Å². The fraction of sp³-hybridized carbons (Fsp3) is 0.400. The van der Waals surface area contributed by atoms with Gasteiger partial charge in [-0.25, -0.2) is 0 Å². The van der Waals surface area contributed by atoms with Crippen LogP contribution in [0.4, 0.5) is 0 Å². The minimum Gasteiger partial charge on any atom is -0.349 e. The maximum Gasteiger partial charge on any atom is 0.148 e. The van der Waals surface area contributed by atoms with Crippen LogP contribution in [0.25, 0.3) is 0 Å². The van der Waals surface area contributed by atoms with Gasteiger partial charge in [0, 0.05) is 6.42 Å². The lowest BCUT2D eigenvalue weighted by molar-refractivity contribution is 0.0357. The van der Waals surface area contributed by atoms with Crippen molar-refractivity contribution in [2.75, 3.05) is 6.79 Å². The Balaban J connectivity index is 2.09. The van der Waals surface area contributed by atoms with Crippen molar-refractivity contribution < 1.29 is 9.47 Å². The Bertz CT molecular complexity index is 308. The number of rotatable bonds is 0. The average Bonchev–Trinajstić information content (AvgIpc) is 2.62.